The second-order valence-electron chi connectivity index (χ2n) is 7.90. The standard InChI is InChI=1S/C19H21NO3S/c21-18(19-7-12-4-13(8-19)6-14(5-12)9-19)23-11-15-10-22-17(20-15)16-2-1-3-24-16/h1-3,10,12-14H,4-9,11H2. The van der Waals surface area contributed by atoms with Gasteiger partial charge in [-0.15, -0.1) is 11.3 Å². The zero-order chi connectivity index (χ0) is 16.1. The van der Waals surface area contributed by atoms with E-state index < -0.39 is 0 Å². The maximum absolute atomic E-state index is 12.8. The zero-order valence-electron chi connectivity index (χ0n) is 13.6. The van der Waals surface area contributed by atoms with Crippen LogP contribution < -0.4 is 0 Å². The van der Waals surface area contributed by atoms with Crippen LogP contribution in [0.2, 0.25) is 0 Å². The Morgan fingerprint density at radius 1 is 1.25 bits per heavy atom. The van der Waals surface area contributed by atoms with Crippen LogP contribution in [0.4, 0.5) is 0 Å². The van der Waals surface area contributed by atoms with Gasteiger partial charge in [-0.3, -0.25) is 4.79 Å². The molecule has 0 radical (unpaired) electrons. The van der Waals surface area contributed by atoms with E-state index in [0.29, 0.717) is 11.6 Å². The van der Waals surface area contributed by atoms with Gasteiger partial charge in [0, 0.05) is 0 Å². The summed E-state index contributed by atoms with van der Waals surface area (Å²) in [5.41, 5.74) is 0.492. The summed E-state index contributed by atoms with van der Waals surface area (Å²) in [6.07, 6.45) is 8.72. The number of hydrogen-bond acceptors (Lipinski definition) is 5. The lowest BCUT2D eigenvalue weighted by atomic mass is 9.49. The third-order valence-corrected chi connectivity index (χ3v) is 6.96. The Morgan fingerprint density at radius 3 is 2.58 bits per heavy atom. The van der Waals surface area contributed by atoms with E-state index in [2.05, 4.69) is 4.98 Å². The molecule has 24 heavy (non-hydrogen) atoms. The Balaban J connectivity index is 1.26. The minimum absolute atomic E-state index is 0.00211. The fourth-order valence-electron chi connectivity index (χ4n) is 5.54. The number of rotatable bonds is 4. The Hall–Kier alpha value is -1.62. The molecule has 0 atom stereocenters. The molecular weight excluding hydrogens is 322 g/mol. The molecule has 4 aliphatic rings. The van der Waals surface area contributed by atoms with Crippen molar-refractivity contribution in [3.63, 3.8) is 0 Å². The van der Waals surface area contributed by atoms with Gasteiger partial charge in [0.1, 0.15) is 18.6 Å². The first-order chi connectivity index (χ1) is 11.7. The molecule has 126 valence electrons. The summed E-state index contributed by atoms with van der Waals surface area (Å²) in [5.74, 6) is 2.86. The third kappa shape index (κ3) is 2.41. The zero-order valence-corrected chi connectivity index (χ0v) is 14.4. The Kier molecular flexibility index (Phi) is 3.34. The summed E-state index contributed by atoms with van der Waals surface area (Å²) >= 11 is 1.59. The van der Waals surface area contributed by atoms with E-state index in [-0.39, 0.29) is 18.0 Å². The highest BCUT2D eigenvalue weighted by Crippen LogP contribution is 2.60. The van der Waals surface area contributed by atoms with Gasteiger partial charge in [-0.05, 0) is 67.7 Å². The van der Waals surface area contributed by atoms with Gasteiger partial charge in [0.25, 0.3) is 0 Å². The van der Waals surface area contributed by atoms with E-state index in [9.17, 15) is 4.79 Å². The molecule has 2 heterocycles. The van der Waals surface area contributed by atoms with Gasteiger partial charge in [0.15, 0.2) is 0 Å². The highest BCUT2D eigenvalue weighted by atomic mass is 32.1. The van der Waals surface area contributed by atoms with Crippen molar-refractivity contribution < 1.29 is 13.9 Å². The van der Waals surface area contributed by atoms with Gasteiger partial charge in [-0.25, -0.2) is 4.98 Å². The van der Waals surface area contributed by atoms with Crippen LogP contribution in [0.3, 0.4) is 0 Å². The van der Waals surface area contributed by atoms with E-state index in [0.717, 1.165) is 41.9 Å². The first-order valence-electron chi connectivity index (χ1n) is 8.86. The molecule has 0 aliphatic heterocycles. The summed E-state index contributed by atoms with van der Waals surface area (Å²) in [4.78, 5) is 18.3. The van der Waals surface area contributed by atoms with Gasteiger partial charge in [-0.2, -0.15) is 0 Å². The smallest absolute Gasteiger partial charge is 0.312 e. The van der Waals surface area contributed by atoms with Gasteiger partial charge in [0.2, 0.25) is 5.89 Å². The lowest BCUT2D eigenvalue weighted by Crippen LogP contribution is -2.50. The van der Waals surface area contributed by atoms with Crippen LogP contribution in [0.25, 0.3) is 10.8 Å². The molecule has 2 aromatic heterocycles. The van der Waals surface area contributed by atoms with E-state index in [1.165, 1.54) is 19.3 Å². The van der Waals surface area contributed by atoms with E-state index in [1.807, 2.05) is 17.5 Å². The molecule has 0 unspecified atom stereocenters. The van der Waals surface area contributed by atoms with Crippen LogP contribution in [-0.2, 0) is 16.1 Å². The van der Waals surface area contributed by atoms with Gasteiger partial charge in [0.05, 0.1) is 10.3 Å². The second kappa shape index (κ2) is 5.45. The highest BCUT2D eigenvalue weighted by molar-refractivity contribution is 7.13. The van der Waals surface area contributed by atoms with Crippen molar-refractivity contribution in [2.45, 2.75) is 45.1 Å². The fourth-order valence-corrected chi connectivity index (χ4v) is 6.20. The Labute approximate surface area is 145 Å². The molecule has 0 aromatic carbocycles. The van der Waals surface area contributed by atoms with Gasteiger partial charge in [-0.1, -0.05) is 6.07 Å². The Bertz CT molecular complexity index is 713. The van der Waals surface area contributed by atoms with Gasteiger partial charge >= 0.3 is 5.97 Å². The van der Waals surface area contributed by atoms with Crippen molar-refractivity contribution in [1.29, 1.82) is 0 Å². The summed E-state index contributed by atoms with van der Waals surface area (Å²) < 4.78 is 11.2. The lowest BCUT2D eigenvalue weighted by Gasteiger charge is -2.55. The first kappa shape index (κ1) is 14.7. The molecule has 5 heteroatoms. The first-order valence-corrected chi connectivity index (χ1v) is 9.74. The normalized spacial score (nSPS) is 33.8. The van der Waals surface area contributed by atoms with Gasteiger partial charge < -0.3 is 9.15 Å². The average Bonchev–Trinajstić information content (AvgIpc) is 3.22. The summed E-state index contributed by atoms with van der Waals surface area (Å²) in [5, 5.41) is 1.99. The van der Waals surface area contributed by atoms with Crippen LogP contribution in [0.15, 0.2) is 28.2 Å². The topological polar surface area (TPSA) is 52.3 Å². The predicted octanol–water partition coefficient (Wildman–Crippen LogP) is 4.66. The SMILES string of the molecule is O=C(OCc1coc(-c2cccs2)n1)C12CC3CC(CC(C3)C1)C2. The molecule has 4 saturated carbocycles. The number of oxazole rings is 1. The van der Waals surface area contributed by atoms with Crippen molar-refractivity contribution in [3.05, 3.63) is 29.5 Å². The number of nitrogens with zero attached hydrogens (tertiary/aromatic N) is 1. The van der Waals surface area contributed by atoms with Crippen molar-refractivity contribution >= 4 is 17.3 Å². The second-order valence-corrected chi connectivity index (χ2v) is 8.84. The molecule has 4 fully saturated rings. The quantitative estimate of drug-likeness (QED) is 0.758. The minimum atomic E-state index is -0.199. The number of esters is 1. The van der Waals surface area contributed by atoms with Crippen molar-refractivity contribution in [2.24, 2.45) is 23.2 Å². The molecule has 4 bridgehead atoms. The summed E-state index contributed by atoms with van der Waals surface area (Å²) in [7, 11) is 0. The monoisotopic (exact) mass is 343 g/mol. The molecule has 4 nitrogen and oxygen atoms in total. The predicted molar refractivity (Wildman–Crippen MR) is 90.2 cm³/mol. The third-order valence-electron chi connectivity index (χ3n) is 6.11. The van der Waals surface area contributed by atoms with E-state index >= 15 is 0 Å². The molecule has 2 aromatic rings. The minimum Gasteiger partial charge on any atom is -0.459 e. The van der Waals surface area contributed by atoms with E-state index in [1.54, 1.807) is 17.6 Å². The average molecular weight is 343 g/mol. The largest absolute Gasteiger partial charge is 0.459 e. The lowest BCUT2D eigenvalue weighted by molar-refractivity contribution is -0.173. The molecule has 0 spiro atoms. The molecule has 0 N–H and O–H groups in total. The summed E-state index contributed by atoms with van der Waals surface area (Å²) in [6, 6.07) is 3.94. The van der Waals surface area contributed by atoms with Crippen molar-refractivity contribution in [1.82, 2.24) is 4.98 Å². The number of thiophene rings is 1. The van der Waals surface area contributed by atoms with Crippen LogP contribution in [-0.4, -0.2) is 11.0 Å². The molecule has 0 amide bonds. The molecule has 4 aliphatic carbocycles. The number of carbonyl (C=O) groups is 1. The number of hydrogen-bond donors (Lipinski definition) is 0. The highest BCUT2D eigenvalue weighted by Gasteiger charge is 2.55. The Morgan fingerprint density at radius 2 is 1.96 bits per heavy atom. The van der Waals surface area contributed by atoms with E-state index in [4.69, 9.17) is 9.15 Å². The molecular formula is C19H21NO3S. The van der Waals surface area contributed by atoms with Crippen molar-refractivity contribution in [2.75, 3.05) is 0 Å². The van der Waals surface area contributed by atoms with Crippen LogP contribution >= 0.6 is 11.3 Å². The van der Waals surface area contributed by atoms with Crippen molar-refractivity contribution in [3.8, 4) is 10.8 Å². The van der Waals surface area contributed by atoms with Crippen LogP contribution in [0.1, 0.15) is 44.2 Å². The fraction of sp³-hybridized carbons (Fsp3) is 0.579. The molecule has 6 rings (SSSR count). The maximum Gasteiger partial charge on any atom is 0.312 e. The summed E-state index contributed by atoms with van der Waals surface area (Å²) in [6.45, 7) is 0.218. The van der Waals surface area contributed by atoms with Crippen LogP contribution in [0.5, 0.6) is 0 Å². The number of carbonyl (C=O) groups excluding carboxylic acids is 1. The van der Waals surface area contributed by atoms with Crippen LogP contribution in [0, 0.1) is 23.2 Å². The maximum atomic E-state index is 12.8. The number of aromatic nitrogens is 1. The molecule has 0 saturated heterocycles. The number of ether oxygens (including phenoxy) is 1.